The summed E-state index contributed by atoms with van der Waals surface area (Å²) >= 11 is 3.50. The molecular formula is C27H29BrF2N2O4. The number of fused-ring (bicyclic) bond motifs is 1. The summed E-state index contributed by atoms with van der Waals surface area (Å²) in [7, 11) is 2.89. The fourth-order valence-electron chi connectivity index (χ4n) is 4.53. The van der Waals surface area contributed by atoms with Gasteiger partial charge in [0.1, 0.15) is 17.1 Å². The molecule has 1 aliphatic rings. The lowest BCUT2D eigenvalue weighted by Gasteiger charge is -2.42. The summed E-state index contributed by atoms with van der Waals surface area (Å²) in [6.07, 6.45) is 2.51. The van der Waals surface area contributed by atoms with E-state index in [0.717, 1.165) is 26.9 Å². The van der Waals surface area contributed by atoms with Crippen molar-refractivity contribution in [1.82, 2.24) is 9.88 Å². The number of alkyl halides is 2. The van der Waals surface area contributed by atoms with Crippen LogP contribution in [-0.4, -0.2) is 48.5 Å². The van der Waals surface area contributed by atoms with Gasteiger partial charge in [0.15, 0.2) is 5.60 Å². The quantitative estimate of drug-likeness (QED) is 0.366. The van der Waals surface area contributed by atoms with E-state index >= 15 is 0 Å². The summed E-state index contributed by atoms with van der Waals surface area (Å²) in [6, 6.07) is 17.8. The molecule has 0 bridgehead atoms. The Morgan fingerprint density at radius 2 is 1.78 bits per heavy atom. The Hall–Kier alpha value is -3.04. The first-order chi connectivity index (χ1) is 17.2. The van der Waals surface area contributed by atoms with Gasteiger partial charge in [-0.25, -0.2) is 8.78 Å². The van der Waals surface area contributed by atoms with Crippen LogP contribution in [0.4, 0.5) is 8.78 Å². The van der Waals surface area contributed by atoms with Crippen molar-refractivity contribution in [3.8, 4) is 11.5 Å². The van der Waals surface area contributed by atoms with Gasteiger partial charge in [0.25, 0.3) is 6.43 Å². The number of pyridine rings is 1. The molecule has 2 heterocycles. The number of hydrogen-bond donors (Lipinski definition) is 1. The number of carbonyl (C=O) groups excluding carboxylic acids is 1. The molecule has 0 saturated carbocycles. The third-order valence-corrected chi connectivity index (χ3v) is 6.53. The molecule has 2 atom stereocenters. The van der Waals surface area contributed by atoms with Gasteiger partial charge >= 0.3 is 0 Å². The van der Waals surface area contributed by atoms with Crippen LogP contribution in [0.5, 0.6) is 11.5 Å². The SMILES string of the molecule is CCCC1(O)c2c(OC)cncc2OC1(c1ccccc1)c1ccc(Br)cc1.CN(C=O)CC(F)F. The van der Waals surface area contributed by atoms with Crippen LogP contribution >= 0.6 is 15.9 Å². The van der Waals surface area contributed by atoms with Gasteiger partial charge in [-0.05, 0) is 18.6 Å². The van der Waals surface area contributed by atoms with Gasteiger partial charge in [-0.1, -0.05) is 71.7 Å². The summed E-state index contributed by atoms with van der Waals surface area (Å²) in [5.41, 5.74) is -0.0225. The molecule has 3 aromatic rings. The van der Waals surface area contributed by atoms with Crippen molar-refractivity contribution in [2.75, 3.05) is 20.7 Å². The number of carbonyl (C=O) groups is 1. The molecule has 6 nitrogen and oxygen atoms in total. The number of nitrogens with zero attached hydrogens (tertiary/aromatic N) is 2. The molecule has 36 heavy (non-hydrogen) atoms. The predicted octanol–water partition coefficient (Wildman–Crippen LogP) is 5.52. The van der Waals surface area contributed by atoms with Gasteiger partial charge in [-0.3, -0.25) is 9.78 Å². The molecule has 1 amide bonds. The van der Waals surface area contributed by atoms with Gasteiger partial charge in [-0.2, -0.15) is 0 Å². The Kier molecular flexibility index (Phi) is 9.03. The first-order valence-electron chi connectivity index (χ1n) is 11.4. The maximum atomic E-state index is 12.3. The van der Waals surface area contributed by atoms with Crippen molar-refractivity contribution in [3.05, 3.63) is 88.2 Å². The zero-order valence-corrected chi connectivity index (χ0v) is 21.9. The minimum Gasteiger partial charge on any atom is -0.495 e. The zero-order chi connectivity index (χ0) is 26.3. The lowest BCUT2D eigenvalue weighted by molar-refractivity contribution is -0.118. The number of methoxy groups -OCH3 is 1. The Bertz CT molecular complexity index is 1150. The van der Waals surface area contributed by atoms with Crippen molar-refractivity contribution in [2.45, 2.75) is 37.4 Å². The maximum Gasteiger partial charge on any atom is 0.255 e. The van der Waals surface area contributed by atoms with Gasteiger partial charge < -0.3 is 19.5 Å². The van der Waals surface area contributed by atoms with Crippen molar-refractivity contribution in [3.63, 3.8) is 0 Å². The fraction of sp³-hybridized carbons (Fsp3) is 0.333. The van der Waals surface area contributed by atoms with E-state index in [0.29, 0.717) is 29.9 Å². The highest BCUT2D eigenvalue weighted by Crippen LogP contribution is 2.60. The molecule has 192 valence electrons. The molecule has 0 fully saturated rings. The molecule has 4 rings (SSSR count). The molecule has 9 heteroatoms. The van der Waals surface area contributed by atoms with Crippen LogP contribution in [0.3, 0.4) is 0 Å². The molecular weight excluding hydrogens is 534 g/mol. The highest BCUT2D eigenvalue weighted by atomic mass is 79.9. The van der Waals surface area contributed by atoms with E-state index in [1.807, 2.05) is 54.6 Å². The standard InChI is InChI=1S/C23H22BrNO3.C4H7F2NO/c1-3-13-22(26)21-19(27-2)14-25-15-20(21)28-23(22,16-7-5-4-6-8-16)17-9-11-18(24)12-10-17;1-7(3-8)2-4(5)6/h4-12,14-15,26H,3,13H2,1-2H3;3-4H,2H2,1H3. The van der Waals surface area contributed by atoms with Crippen LogP contribution in [0.1, 0.15) is 36.5 Å². The first-order valence-corrected chi connectivity index (χ1v) is 12.2. The van der Waals surface area contributed by atoms with Crippen molar-refractivity contribution < 1.29 is 28.2 Å². The monoisotopic (exact) mass is 562 g/mol. The minimum absolute atomic E-state index is 0.367. The van der Waals surface area contributed by atoms with E-state index in [1.54, 1.807) is 19.5 Å². The zero-order valence-electron chi connectivity index (χ0n) is 20.3. The number of ether oxygens (including phenoxy) is 2. The van der Waals surface area contributed by atoms with Crippen molar-refractivity contribution in [1.29, 1.82) is 0 Å². The predicted molar refractivity (Wildman–Crippen MR) is 136 cm³/mol. The molecule has 2 aromatic carbocycles. The Morgan fingerprint density at radius 1 is 1.14 bits per heavy atom. The second-order valence-corrected chi connectivity index (χ2v) is 9.33. The van der Waals surface area contributed by atoms with E-state index in [-0.39, 0.29) is 0 Å². The lowest BCUT2D eigenvalue weighted by atomic mass is 9.69. The average molecular weight is 563 g/mol. The third-order valence-electron chi connectivity index (χ3n) is 6.00. The van der Waals surface area contributed by atoms with E-state index in [1.165, 1.54) is 7.05 Å². The number of benzene rings is 2. The van der Waals surface area contributed by atoms with Crippen LogP contribution in [0.2, 0.25) is 0 Å². The molecule has 0 radical (unpaired) electrons. The van der Waals surface area contributed by atoms with E-state index in [9.17, 15) is 18.7 Å². The van der Waals surface area contributed by atoms with E-state index in [4.69, 9.17) is 9.47 Å². The van der Waals surface area contributed by atoms with Crippen LogP contribution in [0, 0.1) is 0 Å². The molecule has 0 aliphatic carbocycles. The Balaban J connectivity index is 0.000000392. The Labute approximate surface area is 218 Å². The van der Waals surface area contributed by atoms with Crippen LogP contribution < -0.4 is 9.47 Å². The molecule has 1 aliphatic heterocycles. The normalized spacial score (nSPS) is 20.1. The van der Waals surface area contributed by atoms with E-state index in [2.05, 4.69) is 27.8 Å². The molecule has 1 N–H and O–H groups in total. The number of rotatable bonds is 8. The molecule has 0 saturated heterocycles. The summed E-state index contributed by atoms with van der Waals surface area (Å²) in [6.45, 7) is 1.57. The number of halogens is 3. The summed E-state index contributed by atoms with van der Waals surface area (Å²) < 4.78 is 35.7. The fourth-order valence-corrected chi connectivity index (χ4v) is 4.80. The molecule has 2 unspecified atom stereocenters. The summed E-state index contributed by atoms with van der Waals surface area (Å²) in [5.74, 6) is 1.07. The summed E-state index contributed by atoms with van der Waals surface area (Å²) in [4.78, 5) is 14.8. The van der Waals surface area contributed by atoms with Gasteiger partial charge in [0, 0.05) is 22.6 Å². The summed E-state index contributed by atoms with van der Waals surface area (Å²) in [5, 5.41) is 12.3. The smallest absolute Gasteiger partial charge is 0.255 e. The largest absolute Gasteiger partial charge is 0.495 e. The third kappa shape index (κ3) is 5.22. The maximum absolute atomic E-state index is 12.3. The Morgan fingerprint density at radius 3 is 2.31 bits per heavy atom. The molecule has 1 aromatic heterocycles. The second-order valence-electron chi connectivity index (χ2n) is 8.42. The lowest BCUT2D eigenvalue weighted by Crippen LogP contribution is -2.50. The van der Waals surface area contributed by atoms with Gasteiger partial charge in [0.05, 0.1) is 31.6 Å². The molecule has 0 spiro atoms. The van der Waals surface area contributed by atoms with Crippen molar-refractivity contribution in [2.24, 2.45) is 0 Å². The first kappa shape index (κ1) is 27.5. The van der Waals surface area contributed by atoms with Crippen LogP contribution in [0.25, 0.3) is 0 Å². The van der Waals surface area contributed by atoms with Gasteiger partial charge in [-0.15, -0.1) is 0 Å². The highest BCUT2D eigenvalue weighted by Gasteiger charge is 2.62. The number of hydrogen-bond acceptors (Lipinski definition) is 5. The van der Waals surface area contributed by atoms with E-state index < -0.39 is 24.2 Å². The van der Waals surface area contributed by atoms with Crippen LogP contribution in [-0.2, 0) is 16.0 Å². The number of aliphatic hydroxyl groups is 1. The average Bonchev–Trinajstić information content (AvgIpc) is 3.14. The van der Waals surface area contributed by atoms with Gasteiger partial charge in [0.2, 0.25) is 6.41 Å². The number of amides is 1. The van der Waals surface area contributed by atoms with Crippen molar-refractivity contribution >= 4 is 22.3 Å². The topological polar surface area (TPSA) is 71.9 Å². The highest BCUT2D eigenvalue weighted by molar-refractivity contribution is 9.10. The second kappa shape index (κ2) is 11.8. The minimum atomic E-state index is -2.43. The van der Waals surface area contributed by atoms with Crippen LogP contribution in [0.15, 0.2) is 71.5 Å². The number of aromatic nitrogens is 1.